The quantitative estimate of drug-likeness (QED) is 0.0199. The first-order chi connectivity index (χ1) is 36.5. The largest absolute Gasteiger partial charge is 0.462 e. The van der Waals surface area contributed by atoms with Crippen molar-refractivity contribution in [3.63, 3.8) is 0 Å². The van der Waals surface area contributed by atoms with Gasteiger partial charge in [0, 0.05) is 19.3 Å². The van der Waals surface area contributed by atoms with Gasteiger partial charge in [0.25, 0.3) is 0 Å². The van der Waals surface area contributed by atoms with Crippen molar-refractivity contribution in [1.82, 2.24) is 0 Å². The molecule has 0 spiro atoms. The molecule has 0 fully saturated rings. The van der Waals surface area contributed by atoms with Gasteiger partial charge in [0.05, 0.1) is 0 Å². The van der Waals surface area contributed by atoms with Crippen molar-refractivity contribution >= 4 is 17.9 Å². The highest BCUT2D eigenvalue weighted by atomic mass is 16.6. The predicted octanol–water partition coefficient (Wildman–Crippen LogP) is 21.3. The highest BCUT2D eigenvalue weighted by molar-refractivity contribution is 5.71. The molecule has 0 amide bonds. The smallest absolute Gasteiger partial charge is 0.306 e. The molecule has 0 aliphatic rings. The predicted molar refractivity (Wildman–Crippen MR) is 320 cm³/mol. The van der Waals surface area contributed by atoms with E-state index in [1.165, 1.54) is 141 Å². The lowest BCUT2D eigenvalue weighted by Gasteiger charge is -2.18. The van der Waals surface area contributed by atoms with E-state index in [0.29, 0.717) is 19.3 Å². The minimum Gasteiger partial charge on any atom is -0.462 e. The van der Waals surface area contributed by atoms with Crippen molar-refractivity contribution in [2.75, 3.05) is 13.2 Å². The first-order valence-corrected chi connectivity index (χ1v) is 31.3. The van der Waals surface area contributed by atoms with Crippen LogP contribution in [0, 0.1) is 0 Å². The van der Waals surface area contributed by atoms with Crippen LogP contribution in [0.15, 0.2) is 97.2 Å². The molecule has 0 bridgehead atoms. The van der Waals surface area contributed by atoms with Gasteiger partial charge in [-0.3, -0.25) is 14.4 Å². The second-order valence-corrected chi connectivity index (χ2v) is 20.6. The summed E-state index contributed by atoms with van der Waals surface area (Å²) in [4.78, 5) is 38.3. The average Bonchev–Trinajstić information content (AvgIpc) is 3.40. The maximum atomic E-state index is 12.9. The molecule has 0 heterocycles. The van der Waals surface area contributed by atoms with Crippen LogP contribution in [0.5, 0.6) is 0 Å². The van der Waals surface area contributed by atoms with Crippen LogP contribution in [0.3, 0.4) is 0 Å². The molecule has 0 aromatic rings. The van der Waals surface area contributed by atoms with Crippen molar-refractivity contribution in [3.8, 4) is 0 Å². The van der Waals surface area contributed by atoms with Gasteiger partial charge in [-0.15, -0.1) is 0 Å². The summed E-state index contributed by atoms with van der Waals surface area (Å²) in [5.74, 6) is -0.904. The van der Waals surface area contributed by atoms with E-state index in [-0.39, 0.29) is 31.1 Å². The number of hydrogen-bond donors (Lipinski definition) is 0. The Morgan fingerprint density at radius 2 is 0.568 bits per heavy atom. The third-order valence-corrected chi connectivity index (χ3v) is 13.3. The van der Waals surface area contributed by atoms with E-state index in [9.17, 15) is 14.4 Å². The number of allylic oxidation sites excluding steroid dienone is 16. The Kier molecular flexibility index (Phi) is 58.8. The Morgan fingerprint density at radius 3 is 0.905 bits per heavy atom. The van der Waals surface area contributed by atoms with Crippen LogP contribution >= 0.6 is 0 Å². The summed E-state index contributed by atoms with van der Waals surface area (Å²) in [5, 5.41) is 0. The standard InChI is InChI=1S/C68H116O6/c1-4-7-10-13-16-19-22-25-28-31-34-37-40-43-46-49-52-55-58-61-67(70)73-64-65(63-72-66(69)60-57-54-51-48-45-42-39-36-33-30-27-24-21-18-15-12-9-6-3)74-68(71)62-59-56-53-50-47-44-41-38-35-32-29-26-23-20-17-14-11-8-5-2/h7-8,10-11,16-17,19-20,25-26,28-30,33,36,39,65H,4-6,9,12-15,18,21-24,27,31-32,34-35,37-38,40-64H2,1-3H3/b10-7-,11-8-,19-16-,20-17-,28-25-,29-26-,33-30-,39-36-. The summed E-state index contributed by atoms with van der Waals surface area (Å²) in [7, 11) is 0. The molecular formula is C68H116O6. The van der Waals surface area contributed by atoms with Crippen LogP contribution in [0.4, 0.5) is 0 Å². The van der Waals surface area contributed by atoms with Gasteiger partial charge in [-0.1, -0.05) is 266 Å². The third kappa shape index (κ3) is 59.2. The summed E-state index contributed by atoms with van der Waals surface area (Å²) >= 11 is 0. The van der Waals surface area contributed by atoms with Gasteiger partial charge in [-0.05, 0) is 109 Å². The summed E-state index contributed by atoms with van der Waals surface area (Å²) in [5.41, 5.74) is 0. The SMILES string of the molecule is CC/C=C\C/C=C\C/C=C\CCCCCCCCCCCC(=O)OCC(COC(=O)CCCCCCC/C=C\C=C/CCCCCCCCC)OC(=O)CCCCCCCCCCC/C=C\C/C=C\C/C=C\CC. The summed E-state index contributed by atoms with van der Waals surface area (Å²) in [6.45, 7) is 6.42. The lowest BCUT2D eigenvalue weighted by atomic mass is 10.1. The fourth-order valence-electron chi connectivity index (χ4n) is 8.70. The molecule has 74 heavy (non-hydrogen) atoms. The summed E-state index contributed by atoms with van der Waals surface area (Å²) in [6, 6.07) is 0. The van der Waals surface area contributed by atoms with Crippen LogP contribution in [-0.2, 0) is 28.6 Å². The van der Waals surface area contributed by atoms with Gasteiger partial charge in [-0.25, -0.2) is 0 Å². The molecule has 0 aromatic carbocycles. The molecule has 0 radical (unpaired) electrons. The molecule has 1 atom stereocenters. The number of carbonyl (C=O) groups is 3. The van der Waals surface area contributed by atoms with Crippen LogP contribution in [0.2, 0.25) is 0 Å². The highest BCUT2D eigenvalue weighted by Crippen LogP contribution is 2.16. The molecule has 0 aliphatic carbocycles. The fraction of sp³-hybridized carbons (Fsp3) is 0.721. The summed E-state index contributed by atoms with van der Waals surface area (Å²) < 4.78 is 16.9. The third-order valence-electron chi connectivity index (χ3n) is 13.3. The highest BCUT2D eigenvalue weighted by Gasteiger charge is 2.19. The molecule has 0 rings (SSSR count). The van der Waals surface area contributed by atoms with Gasteiger partial charge >= 0.3 is 17.9 Å². The minimum atomic E-state index is -0.792. The molecule has 0 N–H and O–H groups in total. The maximum Gasteiger partial charge on any atom is 0.306 e. The molecule has 6 heteroatoms. The normalized spacial score (nSPS) is 12.7. The second-order valence-electron chi connectivity index (χ2n) is 20.6. The number of rotatable bonds is 56. The second kappa shape index (κ2) is 61.9. The monoisotopic (exact) mass is 1030 g/mol. The average molecular weight is 1030 g/mol. The molecular weight excluding hydrogens is 913 g/mol. The van der Waals surface area contributed by atoms with Crippen molar-refractivity contribution in [2.45, 2.75) is 303 Å². The van der Waals surface area contributed by atoms with Crippen LogP contribution in [-0.4, -0.2) is 37.2 Å². The van der Waals surface area contributed by atoms with Gasteiger partial charge in [-0.2, -0.15) is 0 Å². The zero-order chi connectivity index (χ0) is 53.6. The molecule has 1 unspecified atom stereocenters. The van der Waals surface area contributed by atoms with E-state index in [2.05, 4.69) is 118 Å². The fourth-order valence-corrected chi connectivity index (χ4v) is 8.70. The van der Waals surface area contributed by atoms with Crippen LogP contribution < -0.4 is 0 Å². The molecule has 6 nitrogen and oxygen atoms in total. The lowest BCUT2D eigenvalue weighted by molar-refractivity contribution is -0.167. The minimum absolute atomic E-state index is 0.0874. The Hall–Kier alpha value is -3.67. The molecule has 424 valence electrons. The van der Waals surface area contributed by atoms with Gasteiger partial charge < -0.3 is 14.2 Å². The summed E-state index contributed by atoms with van der Waals surface area (Å²) in [6.07, 6.45) is 82.6. The number of carbonyl (C=O) groups excluding carboxylic acids is 3. The number of ether oxygens (including phenoxy) is 3. The maximum absolute atomic E-state index is 12.9. The molecule has 0 aromatic heterocycles. The molecule has 0 aliphatic heterocycles. The molecule has 0 saturated heterocycles. The van der Waals surface area contributed by atoms with Crippen LogP contribution in [0.1, 0.15) is 297 Å². The van der Waals surface area contributed by atoms with E-state index in [0.717, 1.165) is 116 Å². The van der Waals surface area contributed by atoms with E-state index in [1.54, 1.807) is 0 Å². The molecule has 0 saturated carbocycles. The van der Waals surface area contributed by atoms with E-state index < -0.39 is 6.10 Å². The number of esters is 3. The van der Waals surface area contributed by atoms with Crippen molar-refractivity contribution in [3.05, 3.63) is 97.2 Å². The number of hydrogen-bond acceptors (Lipinski definition) is 6. The van der Waals surface area contributed by atoms with Gasteiger partial charge in [0.1, 0.15) is 13.2 Å². The Bertz CT molecular complexity index is 1460. The van der Waals surface area contributed by atoms with Crippen molar-refractivity contribution < 1.29 is 28.6 Å². The van der Waals surface area contributed by atoms with Crippen molar-refractivity contribution in [1.29, 1.82) is 0 Å². The first-order valence-electron chi connectivity index (χ1n) is 31.3. The van der Waals surface area contributed by atoms with E-state index in [1.807, 2.05) is 0 Å². The van der Waals surface area contributed by atoms with E-state index >= 15 is 0 Å². The Morgan fingerprint density at radius 1 is 0.297 bits per heavy atom. The zero-order valence-electron chi connectivity index (χ0n) is 48.6. The topological polar surface area (TPSA) is 78.9 Å². The Balaban J connectivity index is 4.42. The lowest BCUT2D eigenvalue weighted by Crippen LogP contribution is -2.30. The van der Waals surface area contributed by atoms with Gasteiger partial charge in [0.15, 0.2) is 6.10 Å². The first kappa shape index (κ1) is 70.3. The Labute approximate surface area is 457 Å². The number of unbranched alkanes of at least 4 members (excludes halogenated alkanes) is 30. The van der Waals surface area contributed by atoms with Crippen LogP contribution in [0.25, 0.3) is 0 Å². The zero-order valence-corrected chi connectivity index (χ0v) is 48.6. The van der Waals surface area contributed by atoms with Gasteiger partial charge in [0.2, 0.25) is 0 Å². The van der Waals surface area contributed by atoms with E-state index in [4.69, 9.17) is 14.2 Å². The van der Waals surface area contributed by atoms with Crippen molar-refractivity contribution in [2.24, 2.45) is 0 Å².